The standard InChI is InChI=1S/C10H14BrO3P/c1-4-14-9-5-8(11)6-10(7-9)15(3,12)13-2/h5-7H,4H2,1-3H3. The van der Waals surface area contributed by atoms with E-state index < -0.39 is 7.37 Å². The Balaban J connectivity index is 3.14. The molecule has 1 aromatic carbocycles. The van der Waals surface area contributed by atoms with Crippen LogP contribution in [0.25, 0.3) is 0 Å². The highest BCUT2D eigenvalue weighted by Crippen LogP contribution is 2.41. The molecule has 0 fully saturated rings. The second-order valence-corrected chi connectivity index (χ2v) is 6.60. The highest BCUT2D eigenvalue weighted by Gasteiger charge is 2.18. The molecule has 0 saturated heterocycles. The molecule has 1 aromatic rings. The minimum Gasteiger partial charge on any atom is -0.494 e. The summed E-state index contributed by atoms with van der Waals surface area (Å²) in [5.74, 6) is 0.695. The minimum atomic E-state index is -2.71. The number of benzene rings is 1. The van der Waals surface area contributed by atoms with Crippen LogP contribution in [0.1, 0.15) is 6.92 Å². The Morgan fingerprint density at radius 3 is 2.60 bits per heavy atom. The Morgan fingerprint density at radius 1 is 1.40 bits per heavy atom. The summed E-state index contributed by atoms with van der Waals surface area (Å²) < 4.78 is 23.2. The van der Waals surface area contributed by atoms with Crippen LogP contribution in [0.5, 0.6) is 5.75 Å². The van der Waals surface area contributed by atoms with Gasteiger partial charge in [-0.1, -0.05) is 15.9 Å². The van der Waals surface area contributed by atoms with Crippen molar-refractivity contribution in [2.75, 3.05) is 20.4 Å². The first-order valence-electron chi connectivity index (χ1n) is 4.57. The first-order chi connectivity index (χ1) is 6.99. The predicted octanol–water partition coefficient (Wildman–Crippen LogP) is 3.03. The summed E-state index contributed by atoms with van der Waals surface area (Å²) in [4.78, 5) is 0. The number of hydrogen-bond donors (Lipinski definition) is 0. The van der Waals surface area contributed by atoms with Crippen LogP contribution in [0, 0.1) is 0 Å². The van der Waals surface area contributed by atoms with Gasteiger partial charge >= 0.3 is 0 Å². The summed E-state index contributed by atoms with van der Waals surface area (Å²) in [6.45, 7) is 4.07. The van der Waals surface area contributed by atoms with E-state index >= 15 is 0 Å². The maximum absolute atomic E-state index is 12.0. The molecule has 5 heteroatoms. The Bertz CT molecular complexity index is 392. The maximum atomic E-state index is 12.0. The van der Waals surface area contributed by atoms with Crippen LogP contribution in [-0.2, 0) is 9.09 Å². The third kappa shape index (κ3) is 3.33. The molecule has 0 amide bonds. The second-order valence-electron chi connectivity index (χ2n) is 3.11. The molecule has 0 aliphatic heterocycles. The normalized spacial score (nSPS) is 14.7. The topological polar surface area (TPSA) is 35.5 Å². The van der Waals surface area contributed by atoms with Crippen LogP contribution in [0.15, 0.2) is 22.7 Å². The lowest BCUT2D eigenvalue weighted by atomic mass is 10.3. The van der Waals surface area contributed by atoms with Gasteiger partial charge in [-0.2, -0.15) is 0 Å². The second kappa shape index (κ2) is 5.15. The molecule has 0 spiro atoms. The van der Waals surface area contributed by atoms with Gasteiger partial charge in [0.15, 0.2) is 0 Å². The zero-order chi connectivity index (χ0) is 11.5. The number of halogens is 1. The molecule has 84 valence electrons. The molecule has 1 unspecified atom stereocenters. The average molecular weight is 293 g/mol. The van der Waals surface area contributed by atoms with Crippen LogP contribution < -0.4 is 10.0 Å². The molecule has 0 N–H and O–H groups in total. The van der Waals surface area contributed by atoms with Crippen molar-refractivity contribution in [3.63, 3.8) is 0 Å². The van der Waals surface area contributed by atoms with Crippen molar-refractivity contribution in [3.8, 4) is 5.75 Å². The molecular formula is C10H14BrO3P. The van der Waals surface area contributed by atoms with E-state index in [2.05, 4.69) is 15.9 Å². The largest absolute Gasteiger partial charge is 0.494 e. The molecule has 0 saturated carbocycles. The summed E-state index contributed by atoms with van der Waals surface area (Å²) in [6.07, 6.45) is 0. The van der Waals surface area contributed by atoms with E-state index in [0.717, 1.165) is 4.47 Å². The van der Waals surface area contributed by atoms with Gasteiger partial charge in [0.25, 0.3) is 0 Å². The number of hydrogen-bond acceptors (Lipinski definition) is 3. The Hall–Kier alpha value is -0.310. The highest BCUT2D eigenvalue weighted by molar-refractivity contribution is 9.10. The van der Waals surface area contributed by atoms with Gasteiger partial charge in [-0.25, -0.2) is 0 Å². The number of rotatable bonds is 4. The van der Waals surface area contributed by atoms with Crippen LogP contribution in [0.4, 0.5) is 0 Å². The van der Waals surface area contributed by atoms with Gasteiger partial charge in [-0.05, 0) is 25.1 Å². The molecule has 15 heavy (non-hydrogen) atoms. The monoisotopic (exact) mass is 292 g/mol. The van der Waals surface area contributed by atoms with Gasteiger partial charge in [-0.3, -0.25) is 4.57 Å². The van der Waals surface area contributed by atoms with Crippen LogP contribution >= 0.6 is 23.3 Å². The van der Waals surface area contributed by atoms with E-state index in [1.807, 2.05) is 13.0 Å². The zero-order valence-electron chi connectivity index (χ0n) is 8.99. The van der Waals surface area contributed by atoms with Gasteiger partial charge in [0, 0.05) is 23.6 Å². The lowest BCUT2D eigenvalue weighted by molar-refractivity contribution is 0.340. The maximum Gasteiger partial charge on any atom is 0.229 e. The van der Waals surface area contributed by atoms with Gasteiger partial charge in [0.05, 0.1) is 6.61 Å². The van der Waals surface area contributed by atoms with Crippen LogP contribution in [-0.4, -0.2) is 20.4 Å². The minimum absolute atomic E-state index is 0.580. The predicted molar refractivity (Wildman–Crippen MR) is 65.5 cm³/mol. The Labute approximate surface area is 98.4 Å². The van der Waals surface area contributed by atoms with Crippen LogP contribution in [0.2, 0.25) is 0 Å². The SMILES string of the molecule is CCOc1cc(Br)cc(P(C)(=O)OC)c1. The molecule has 0 heterocycles. The van der Waals surface area contributed by atoms with E-state index in [9.17, 15) is 4.57 Å². The van der Waals surface area contributed by atoms with E-state index in [1.165, 1.54) is 7.11 Å². The van der Waals surface area contributed by atoms with Crippen molar-refractivity contribution in [1.29, 1.82) is 0 Å². The molecule has 1 rings (SSSR count). The molecule has 0 aliphatic rings. The quantitative estimate of drug-likeness (QED) is 0.800. The van der Waals surface area contributed by atoms with E-state index in [0.29, 0.717) is 17.7 Å². The first-order valence-corrected chi connectivity index (χ1v) is 7.43. The van der Waals surface area contributed by atoms with Crippen molar-refractivity contribution < 1.29 is 13.8 Å². The van der Waals surface area contributed by atoms with Gasteiger partial charge < -0.3 is 9.26 Å². The summed E-state index contributed by atoms with van der Waals surface area (Å²) in [6, 6.07) is 5.37. The zero-order valence-corrected chi connectivity index (χ0v) is 11.5. The number of ether oxygens (including phenoxy) is 1. The van der Waals surface area contributed by atoms with E-state index in [1.54, 1.807) is 18.8 Å². The third-order valence-corrected chi connectivity index (χ3v) is 4.34. The first kappa shape index (κ1) is 12.8. The third-order valence-electron chi connectivity index (χ3n) is 1.98. The summed E-state index contributed by atoms with van der Waals surface area (Å²) >= 11 is 3.35. The average Bonchev–Trinajstić information content (AvgIpc) is 2.17. The molecule has 0 radical (unpaired) electrons. The van der Waals surface area contributed by atoms with Crippen molar-refractivity contribution in [1.82, 2.24) is 0 Å². The van der Waals surface area contributed by atoms with E-state index in [4.69, 9.17) is 9.26 Å². The molecule has 0 aliphatic carbocycles. The van der Waals surface area contributed by atoms with Gasteiger partial charge in [0.1, 0.15) is 5.75 Å². The molecule has 3 nitrogen and oxygen atoms in total. The molecular weight excluding hydrogens is 279 g/mol. The summed E-state index contributed by atoms with van der Waals surface area (Å²) in [5, 5.41) is 0.655. The van der Waals surface area contributed by atoms with Crippen molar-refractivity contribution in [2.45, 2.75) is 6.92 Å². The van der Waals surface area contributed by atoms with E-state index in [-0.39, 0.29) is 0 Å². The lowest BCUT2D eigenvalue weighted by Gasteiger charge is -2.13. The fourth-order valence-corrected chi connectivity index (χ4v) is 2.73. The van der Waals surface area contributed by atoms with Gasteiger partial charge in [0.2, 0.25) is 7.37 Å². The molecule has 0 bridgehead atoms. The van der Waals surface area contributed by atoms with Crippen molar-refractivity contribution >= 4 is 28.6 Å². The fourth-order valence-electron chi connectivity index (χ4n) is 1.14. The fraction of sp³-hybridized carbons (Fsp3) is 0.400. The Kier molecular flexibility index (Phi) is 4.38. The summed E-state index contributed by atoms with van der Waals surface area (Å²) in [5.41, 5.74) is 0. The molecule has 0 aromatic heterocycles. The van der Waals surface area contributed by atoms with Crippen molar-refractivity contribution in [3.05, 3.63) is 22.7 Å². The van der Waals surface area contributed by atoms with Crippen LogP contribution in [0.3, 0.4) is 0 Å². The lowest BCUT2D eigenvalue weighted by Crippen LogP contribution is -2.06. The van der Waals surface area contributed by atoms with Crippen molar-refractivity contribution in [2.24, 2.45) is 0 Å². The summed E-state index contributed by atoms with van der Waals surface area (Å²) in [7, 11) is -1.27. The molecule has 1 atom stereocenters. The smallest absolute Gasteiger partial charge is 0.229 e. The van der Waals surface area contributed by atoms with Gasteiger partial charge in [-0.15, -0.1) is 0 Å². The highest BCUT2D eigenvalue weighted by atomic mass is 79.9. The Morgan fingerprint density at radius 2 is 2.07 bits per heavy atom.